The molecule has 2 aliphatic rings. The van der Waals surface area contributed by atoms with Crippen LogP contribution < -0.4 is 5.32 Å². The molecule has 1 saturated carbocycles. The van der Waals surface area contributed by atoms with Gasteiger partial charge in [0.1, 0.15) is 12.6 Å². The lowest BCUT2D eigenvalue weighted by atomic mass is 9.72. The van der Waals surface area contributed by atoms with E-state index in [4.69, 9.17) is 4.74 Å². The van der Waals surface area contributed by atoms with Crippen LogP contribution in [-0.4, -0.2) is 53.7 Å². The Bertz CT molecular complexity index is 1050. The van der Waals surface area contributed by atoms with Crippen LogP contribution in [0.1, 0.15) is 63.0 Å². The van der Waals surface area contributed by atoms with Crippen molar-refractivity contribution in [3.63, 3.8) is 0 Å². The number of amides is 2. The van der Waals surface area contributed by atoms with Crippen LogP contribution in [0.5, 0.6) is 0 Å². The number of benzene rings is 2. The Kier molecular flexibility index (Phi) is 7.43. The molecular formula is C28H34N2O5. The largest absolute Gasteiger partial charge is 0.480 e. The number of hydrogen-bond acceptors (Lipinski definition) is 4. The van der Waals surface area contributed by atoms with Crippen molar-refractivity contribution >= 4 is 18.0 Å². The third-order valence-corrected chi connectivity index (χ3v) is 7.61. The molecule has 2 amide bonds. The number of carbonyl (C=O) groups is 3. The van der Waals surface area contributed by atoms with Crippen molar-refractivity contribution < 1.29 is 24.2 Å². The minimum Gasteiger partial charge on any atom is -0.480 e. The minimum absolute atomic E-state index is 0.0366. The van der Waals surface area contributed by atoms with Crippen LogP contribution in [0, 0.1) is 5.41 Å². The highest BCUT2D eigenvalue weighted by Crippen LogP contribution is 2.44. The number of nitrogens with zero attached hydrogens (tertiary/aromatic N) is 1. The summed E-state index contributed by atoms with van der Waals surface area (Å²) in [6.07, 6.45) is 3.46. The number of likely N-dealkylation sites (N-methyl/N-ethyl adjacent to an activating group) is 1. The molecule has 7 heteroatoms. The van der Waals surface area contributed by atoms with Gasteiger partial charge in [0.25, 0.3) is 0 Å². The molecule has 0 saturated heterocycles. The van der Waals surface area contributed by atoms with Crippen LogP contribution in [0.2, 0.25) is 0 Å². The normalized spacial score (nSPS) is 17.1. The second kappa shape index (κ2) is 10.5. The molecule has 4 rings (SSSR count). The van der Waals surface area contributed by atoms with E-state index in [0.29, 0.717) is 19.4 Å². The first kappa shape index (κ1) is 24.8. The lowest BCUT2D eigenvalue weighted by molar-refractivity contribution is -0.155. The summed E-state index contributed by atoms with van der Waals surface area (Å²) >= 11 is 0. The van der Waals surface area contributed by atoms with Crippen LogP contribution in [0.3, 0.4) is 0 Å². The zero-order valence-electron chi connectivity index (χ0n) is 20.5. The molecule has 0 bridgehead atoms. The zero-order chi connectivity index (χ0) is 25.0. The van der Waals surface area contributed by atoms with Gasteiger partial charge in [0, 0.05) is 19.0 Å². The van der Waals surface area contributed by atoms with Crippen molar-refractivity contribution in [1.82, 2.24) is 10.2 Å². The average molecular weight is 479 g/mol. The van der Waals surface area contributed by atoms with Crippen LogP contribution >= 0.6 is 0 Å². The van der Waals surface area contributed by atoms with Gasteiger partial charge < -0.3 is 20.1 Å². The molecule has 2 aromatic rings. The first-order valence-corrected chi connectivity index (χ1v) is 12.5. The first-order valence-electron chi connectivity index (χ1n) is 12.5. The van der Waals surface area contributed by atoms with Crippen LogP contribution in [0.15, 0.2) is 48.5 Å². The van der Waals surface area contributed by atoms with Gasteiger partial charge in [0.2, 0.25) is 5.91 Å². The van der Waals surface area contributed by atoms with Gasteiger partial charge in [0.05, 0.1) is 5.41 Å². The Morgan fingerprint density at radius 3 is 2.14 bits per heavy atom. The summed E-state index contributed by atoms with van der Waals surface area (Å²) in [6.45, 7) is 3.97. The number of aliphatic carboxylic acids is 1. The van der Waals surface area contributed by atoms with Gasteiger partial charge in [0.15, 0.2) is 0 Å². The lowest BCUT2D eigenvalue weighted by Crippen LogP contribution is -2.54. The van der Waals surface area contributed by atoms with E-state index in [1.165, 1.54) is 11.8 Å². The van der Waals surface area contributed by atoms with Gasteiger partial charge in [-0.1, -0.05) is 67.8 Å². The standard InChI is InChI=1S/C28H34N2O5/c1-3-30(19(2)25(31)32)26(33)28(15-9-4-10-16-28)18-29-27(34)35-17-24-22-13-7-5-11-20(22)21-12-6-8-14-23(21)24/h5-8,11-14,19,24H,3-4,9-10,15-18H2,1-2H3,(H,29,34)(H,31,32). The number of rotatable bonds is 8. The summed E-state index contributed by atoms with van der Waals surface area (Å²) in [5, 5.41) is 12.3. The second-order valence-electron chi connectivity index (χ2n) is 9.63. The molecule has 186 valence electrons. The molecule has 2 N–H and O–H groups in total. The number of carbonyl (C=O) groups excluding carboxylic acids is 2. The van der Waals surface area contributed by atoms with Crippen LogP contribution in [0.4, 0.5) is 4.79 Å². The molecule has 0 aliphatic heterocycles. The quantitative estimate of drug-likeness (QED) is 0.568. The molecule has 1 atom stereocenters. The molecule has 0 spiro atoms. The number of ether oxygens (including phenoxy) is 1. The number of hydrogen-bond donors (Lipinski definition) is 2. The zero-order valence-corrected chi connectivity index (χ0v) is 20.5. The van der Waals surface area contributed by atoms with Crippen molar-refractivity contribution in [2.75, 3.05) is 19.7 Å². The predicted octanol–water partition coefficient (Wildman–Crippen LogP) is 4.80. The maximum atomic E-state index is 13.5. The second-order valence-corrected chi connectivity index (χ2v) is 9.63. The van der Waals surface area contributed by atoms with Crippen molar-refractivity contribution in [3.8, 4) is 11.1 Å². The van der Waals surface area contributed by atoms with E-state index >= 15 is 0 Å². The molecule has 0 radical (unpaired) electrons. The fourth-order valence-electron chi connectivity index (χ4n) is 5.62. The first-order chi connectivity index (χ1) is 16.9. The Labute approximate surface area is 206 Å². The van der Waals surface area contributed by atoms with Gasteiger partial charge >= 0.3 is 12.1 Å². The molecule has 1 unspecified atom stereocenters. The van der Waals surface area contributed by atoms with E-state index < -0.39 is 23.5 Å². The number of carboxylic acid groups (broad SMARTS) is 1. The summed E-state index contributed by atoms with van der Waals surface area (Å²) in [4.78, 5) is 39.3. The van der Waals surface area contributed by atoms with Crippen LogP contribution in [-0.2, 0) is 14.3 Å². The van der Waals surface area contributed by atoms with Crippen molar-refractivity contribution in [3.05, 3.63) is 59.7 Å². The minimum atomic E-state index is -1.03. The molecule has 2 aromatic carbocycles. The average Bonchev–Trinajstić information content (AvgIpc) is 3.20. The Morgan fingerprint density at radius 1 is 1.03 bits per heavy atom. The summed E-state index contributed by atoms with van der Waals surface area (Å²) in [7, 11) is 0. The fraction of sp³-hybridized carbons (Fsp3) is 0.464. The van der Waals surface area contributed by atoms with Crippen molar-refractivity contribution in [2.45, 2.75) is 57.9 Å². The Balaban J connectivity index is 1.43. The molecular weight excluding hydrogens is 444 g/mol. The van der Waals surface area contributed by atoms with Crippen molar-refractivity contribution in [1.29, 1.82) is 0 Å². The summed E-state index contributed by atoms with van der Waals surface area (Å²) in [5.74, 6) is -1.27. The number of carboxylic acids is 1. The van der Waals surface area contributed by atoms with E-state index in [0.717, 1.165) is 41.5 Å². The van der Waals surface area contributed by atoms with Gasteiger partial charge in [-0.05, 0) is 48.9 Å². The molecule has 35 heavy (non-hydrogen) atoms. The van der Waals surface area contributed by atoms with Gasteiger partial charge in [-0.25, -0.2) is 9.59 Å². The monoisotopic (exact) mass is 478 g/mol. The van der Waals surface area contributed by atoms with E-state index in [9.17, 15) is 19.5 Å². The highest BCUT2D eigenvalue weighted by Gasteiger charge is 2.44. The Hall–Kier alpha value is -3.35. The molecule has 2 aliphatic carbocycles. The maximum Gasteiger partial charge on any atom is 0.407 e. The SMILES string of the molecule is CCN(C(=O)C1(CNC(=O)OCC2c3ccccc3-c3ccccc32)CCCCC1)C(C)C(=O)O. The van der Waals surface area contributed by atoms with Crippen molar-refractivity contribution in [2.24, 2.45) is 5.41 Å². The number of nitrogens with one attached hydrogen (secondary N) is 1. The number of fused-ring (bicyclic) bond motifs is 3. The maximum absolute atomic E-state index is 13.5. The molecule has 0 aromatic heterocycles. The predicted molar refractivity (Wildman–Crippen MR) is 133 cm³/mol. The third-order valence-electron chi connectivity index (χ3n) is 7.61. The van der Waals surface area contributed by atoms with E-state index in [2.05, 4.69) is 29.6 Å². The smallest absolute Gasteiger partial charge is 0.407 e. The van der Waals surface area contributed by atoms with E-state index in [-0.39, 0.29) is 25.0 Å². The van der Waals surface area contributed by atoms with E-state index in [1.54, 1.807) is 6.92 Å². The third kappa shape index (κ3) is 4.90. The Morgan fingerprint density at radius 2 is 1.60 bits per heavy atom. The summed E-state index contributed by atoms with van der Waals surface area (Å²) in [5.41, 5.74) is 3.80. The van der Waals surface area contributed by atoms with Gasteiger partial charge in [-0.2, -0.15) is 0 Å². The molecule has 1 fully saturated rings. The van der Waals surface area contributed by atoms with Crippen LogP contribution in [0.25, 0.3) is 11.1 Å². The highest BCUT2D eigenvalue weighted by molar-refractivity contribution is 5.88. The topological polar surface area (TPSA) is 95.9 Å². The lowest BCUT2D eigenvalue weighted by Gasteiger charge is -2.40. The van der Waals surface area contributed by atoms with Gasteiger partial charge in [-0.3, -0.25) is 4.79 Å². The van der Waals surface area contributed by atoms with Gasteiger partial charge in [-0.15, -0.1) is 0 Å². The summed E-state index contributed by atoms with van der Waals surface area (Å²) in [6, 6.07) is 15.4. The fourth-order valence-corrected chi connectivity index (χ4v) is 5.62. The molecule has 0 heterocycles. The number of alkyl carbamates (subject to hydrolysis) is 1. The summed E-state index contributed by atoms with van der Waals surface area (Å²) < 4.78 is 5.66. The molecule has 7 nitrogen and oxygen atoms in total. The van der Waals surface area contributed by atoms with E-state index in [1.807, 2.05) is 24.3 Å². The highest BCUT2D eigenvalue weighted by atomic mass is 16.5.